The minimum atomic E-state index is -0.987. The fourth-order valence-corrected chi connectivity index (χ4v) is 2.27. The van der Waals surface area contributed by atoms with Crippen LogP contribution in [0.15, 0.2) is 34.9 Å². The van der Waals surface area contributed by atoms with Crippen LogP contribution in [0, 0.1) is 6.92 Å². The predicted octanol–water partition coefficient (Wildman–Crippen LogP) is 4.08. The SMILES string of the molecule is Cc1occc1C(=O)O[C@@H](C)C(=O)Nc1cc(Cl)cc(Cl)c1. The summed E-state index contributed by atoms with van der Waals surface area (Å²) in [7, 11) is 0. The number of carbonyl (C=O) groups is 2. The molecule has 0 aliphatic rings. The normalized spacial score (nSPS) is 11.8. The van der Waals surface area contributed by atoms with Crippen LogP contribution in [0.25, 0.3) is 0 Å². The van der Waals surface area contributed by atoms with Gasteiger partial charge in [-0.05, 0) is 38.1 Å². The summed E-state index contributed by atoms with van der Waals surface area (Å²) >= 11 is 11.7. The molecule has 0 saturated carbocycles. The van der Waals surface area contributed by atoms with Crippen LogP contribution in [-0.2, 0) is 9.53 Å². The topological polar surface area (TPSA) is 68.5 Å². The molecule has 1 heterocycles. The maximum Gasteiger partial charge on any atom is 0.342 e. The molecule has 0 unspecified atom stereocenters. The van der Waals surface area contributed by atoms with Crippen molar-refractivity contribution in [3.8, 4) is 0 Å². The second-order valence-corrected chi connectivity index (χ2v) is 5.46. The first-order valence-electron chi connectivity index (χ1n) is 6.39. The largest absolute Gasteiger partial charge is 0.469 e. The minimum absolute atomic E-state index is 0.283. The Bertz CT molecular complexity index is 691. The zero-order valence-electron chi connectivity index (χ0n) is 11.9. The third-order valence-corrected chi connectivity index (χ3v) is 3.30. The van der Waals surface area contributed by atoms with E-state index in [4.69, 9.17) is 32.4 Å². The Morgan fingerprint density at radius 1 is 1.23 bits per heavy atom. The van der Waals surface area contributed by atoms with Gasteiger partial charge < -0.3 is 14.5 Å². The van der Waals surface area contributed by atoms with E-state index in [0.717, 1.165) is 0 Å². The van der Waals surface area contributed by atoms with E-state index in [1.54, 1.807) is 25.1 Å². The zero-order chi connectivity index (χ0) is 16.3. The lowest BCUT2D eigenvalue weighted by Crippen LogP contribution is -2.30. The number of hydrogen-bond acceptors (Lipinski definition) is 4. The van der Waals surface area contributed by atoms with E-state index in [0.29, 0.717) is 21.5 Å². The van der Waals surface area contributed by atoms with E-state index in [1.807, 2.05) is 0 Å². The highest BCUT2D eigenvalue weighted by Gasteiger charge is 2.21. The smallest absolute Gasteiger partial charge is 0.342 e. The number of esters is 1. The van der Waals surface area contributed by atoms with E-state index in [-0.39, 0.29) is 5.56 Å². The Morgan fingerprint density at radius 2 is 1.86 bits per heavy atom. The number of carbonyl (C=O) groups excluding carboxylic acids is 2. The Hall–Kier alpha value is -1.98. The molecule has 1 N–H and O–H groups in total. The number of amides is 1. The van der Waals surface area contributed by atoms with Crippen molar-refractivity contribution < 1.29 is 18.7 Å². The van der Waals surface area contributed by atoms with Crippen molar-refractivity contribution in [3.63, 3.8) is 0 Å². The molecule has 7 heteroatoms. The molecular formula is C15H13Cl2NO4. The number of benzene rings is 1. The summed E-state index contributed by atoms with van der Waals surface area (Å²) in [5.41, 5.74) is 0.704. The van der Waals surface area contributed by atoms with Crippen LogP contribution in [0.4, 0.5) is 5.69 Å². The number of anilines is 1. The van der Waals surface area contributed by atoms with Crippen LogP contribution in [0.1, 0.15) is 23.0 Å². The van der Waals surface area contributed by atoms with E-state index in [9.17, 15) is 9.59 Å². The van der Waals surface area contributed by atoms with Crippen molar-refractivity contribution in [2.24, 2.45) is 0 Å². The van der Waals surface area contributed by atoms with Crippen LogP contribution in [0.3, 0.4) is 0 Å². The molecule has 0 saturated heterocycles. The Balaban J connectivity index is 2.00. The molecule has 1 aromatic heterocycles. The monoisotopic (exact) mass is 341 g/mol. The predicted molar refractivity (Wildman–Crippen MR) is 83.4 cm³/mol. The van der Waals surface area contributed by atoms with Gasteiger partial charge in [-0.2, -0.15) is 0 Å². The van der Waals surface area contributed by atoms with Gasteiger partial charge in [0.05, 0.1) is 6.26 Å². The van der Waals surface area contributed by atoms with E-state index < -0.39 is 18.0 Å². The molecule has 0 spiro atoms. The first kappa shape index (κ1) is 16.4. The first-order valence-corrected chi connectivity index (χ1v) is 7.14. The van der Waals surface area contributed by atoms with Gasteiger partial charge in [0.2, 0.25) is 0 Å². The second-order valence-electron chi connectivity index (χ2n) is 4.59. The van der Waals surface area contributed by atoms with Gasteiger partial charge in [-0.3, -0.25) is 4.79 Å². The van der Waals surface area contributed by atoms with Crippen molar-refractivity contribution >= 4 is 40.8 Å². The van der Waals surface area contributed by atoms with Gasteiger partial charge in [0.1, 0.15) is 11.3 Å². The molecule has 0 radical (unpaired) electrons. The molecule has 116 valence electrons. The molecule has 2 aromatic rings. The third kappa shape index (κ3) is 4.02. The summed E-state index contributed by atoms with van der Waals surface area (Å²) < 4.78 is 10.1. The lowest BCUT2D eigenvalue weighted by molar-refractivity contribution is -0.123. The second kappa shape index (κ2) is 6.85. The molecule has 1 aromatic carbocycles. The molecule has 0 aliphatic carbocycles. The van der Waals surface area contributed by atoms with Crippen LogP contribution >= 0.6 is 23.2 Å². The number of rotatable bonds is 4. The van der Waals surface area contributed by atoms with Crippen molar-refractivity contribution in [1.29, 1.82) is 0 Å². The standard InChI is InChI=1S/C15H13Cl2NO4/c1-8-13(3-4-21-8)15(20)22-9(2)14(19)18-12-6-10(16)5-11(17)7-12/h3-7,9H,1-2H3,(H,18,19)/t9-/m0/s1. The number of hydrogen-bond donors (Lipinski definition) is 1. The van der Waals surface area contributed by atoms with Crippen molar-refractivity contribution in [2.75, 3.05) is 5.32 Å². The van der Waals surface area contributed by atoms with Crippen LogP contribution in [0.5, 0.6) is 0 Å². The molecule has 0 bridgehead atoms. The average molecular weight is 342 g/mol. The fraction of sp³-hybridized carbons (Fsp3) is 0.200. The molecule has 0 aliphatic heterocycles. The lowest BCUT2D eigenvalue weighted by atomic mass is 10.2. The van der Waals surface area contributed by atoms with E-state index in [2.05, 4.69) is 5.32 Å². The molecule has 0 fully saturated rings. The van der Waals surface area contributed by atoms with Crippen molar-refractivity contribution in [3.05, 3.63) is 51.9 Å². The van der Waals surface area contributed by atoms with Gasteiger partial charge in [0.25, 0.3) is 5.91 Å². The van der Waals surface area contributed by atoms with Gasteiger partial charge in [0, 0.05) is 15.7 Å². The average Bonchev–Trinajstić information content (AvgIpc) is 2.83. The third-order valence-electron chi connectivity index (χ3n) is 2.86. The highest BCUT2D eigenvalue weighted by molar-refractivity contribution is 6.35. The number of ether oxygens (including phenoxy) is 1. The zero-order valence-corrected chi connectivity index (χ0v) is 13.4. The molecule has 2 rings (SSSR count). The van der Waals surface area contributed by atoms with Gasteiger partial charge in [-0.1, -0.05) is 23.2 Å². The molecule has 22 heavy (non-hydrogen) atoms. The summed E-state index contributed by atoms with van der Waals surface area (Å²) in [6.45, 7) is 3.10. The maximum absolute atomic E-state index is 12.0. The molecular weight excluding hydrogens is 329 g/mol. The fourth-order valence-electron chi connectivity index (χ4n) is 1.74. The number of aryl methyl sites for hydroxylation is 1. The number of nitrogens with one attached hydrogen (secondary N) is 1. The van der Waals surface area contributed by atoms with Crippen LogP contribution < -0.4 is 5.32 Å². The Labute approximate surface area is 137 Å². The Morgan fingerprint density at radius 3 is 2.41 bits per heavy atom. The summed E-state index contributed by atoms with van der Waals surface area (Å²) in [5, 5.41) is 3.36. The van der Waals surface area contributed by atoms with E-state index >= 15 is 0 Å². The van der Waals surface area contributed by atoms with Gasteiger partial charge in [0.15, 0.2) is 6.10 Å². The quantitative estimate of drug-likeness (QED) is 0.850. The van der Waals surface area contributed by atoms with Crippen molar-refractivity contribution in [2.45, 2.75) is 20.0 Å². The minimum Gasteiger partial charge on any atom is -0.469 e. The van der Waals surface area contributed by atoms with Crippen molar-refractivity contribution in [1.82, 2.24) is 0 Å². The highest BCUT2D eigenvalue weighted by atomic mass is 35.5. The highest BCUT2D eigenvalue weighted by Crippen LogP contribution is 2.22. The number of furan rings is 1. The van der Waals surface area contributed by atoms with Gasteiger partial charge in [-0.25, -0.2) is 4.79 Å². The van der Waals surface area contributed by atoms with Crippen LogP contribution in [0.2, 0.25) is 10.0 Å². The summed E-state index contributed by atoms with van der Waals surface area (Å²) in [4.78, 5) is 23.9. The lowest BCUT2D eigenvalue weighted by Gasteiger charge is -2.13. The maximum atomic E-state index is 12.0. The first-order chi connectivity index (χ1) is 10.4. The van der Waals surface area contributed by atoms with Crippen LogP contribution in [-0.4, -0.2) is 18.0 Å². The summed E-state index contributed by atoms with van der Waals surface area (Å²) in [6, 6.07) is 6.11. The Kier molecular flexibility index (Phi) is 5.11. The number of halogens is 2. The van der Waals surface area contributed by atoms with Gasteiger partial charge >= 0.3 is 5.97 Å². The molecule has 1 amide bonds. The summed E-state index contributed by atoms with van der Waals surface area (Å²) in [5.74, 6) is -0.690. The van der Waals surface area contributed by atoms with Gasteiger partial charge in [-0.15, -0.1) is 0 Å². The molecule has 1 atom stereocenters. The summed E-state index contributed by atoms with van der Waals surface area (Å²) in [6.07, 6.45) is 0.393. The molecule has 5 nitrogen and oxygen atoms in total. The van der Waals surface area contributed by atoms with E-state index in [1.165, 1.54) is 19.3 Å².